The number of nitrogens with two attached hydrogens (primary N) is 1. The predicted octanol–water partition coefficient (Wildman–Crippen LogP) is 1.45. The van der Waals surface area contributed by atoms with Gasteiger partial charge in [0.25, 0.3) is 0 Å². The number of hydrogen-bond acceptors (Lipinski definition) is 5. The summed E-state index contributed by atoms with van der Waals surface area (Å²) in [6, 6.07) is 1.67. The van der Waals surface area contributed by atoms with Crippen molar-refractivity contribution in [3.05, 3.63) is 18.0 Å². The Morgan fingerprint density at radius 3 is 2.79 bits per heavy atom. The zero-order valence-electron chi connectivity index (χ0n) is 14.1. The first-order valence-corrected chi connectivity index (χ1v) is 9.30. The molecule has 0 amide bonds. The number of pyridine rings is 1. The standard InChI is InChI=1S/C15H23N5O2S.ClH/c1-10(16)12-5-4-6-20(9-12)23(21,22)13-7-14-11(2)18-19(3)15(14)17-8-13;/h7-8,10,12H,4-6,9,16H2,1-3H3;1H. The lowest BCUT2D eigenvalue weighted by Gasteiger charge is -2.33. The van der Waals surface area contributed by atoms with Gasteiger partial charge in [-0.15, -0.1) is 12.4 Å². The van der Waals surface area contributed by atoms with Gasteiger partial charge < -0.3 is 5.73 Å². The summed E-state index contributed by atoms with van der Waals surface area (Å²) in [7, 11) is -1.75. The predicted molar refractivity (Wildman–Crippen MR) is 95.6 cm³/mol. The summed E-state index contributed by atoms with van der Waals surface area (Å²) < 4.78 is 29.1. The molecule has 1 aliphatic rings. The van der Waals surface area contributed by atoms with Crippen molar-refractivity contribution in [2.45, 2.75) is 37.6 Å². The van der Waals surface area contributed by atoms with Gasteiger partial charge in [-0.3, -0.25) is 4.68 Å². The molecule has 9 heteroatoms. The number of halogens is 1. The van der Waals surface area contributed by atoms with E-state index >= 15 is 0 Å². The maximum Gasteiger partial charge on any atom is 0.244 e. The van der Waals surface area contributed by atoms with E-state index in [1.807, 2.05) is 13.8 Å². The van der Waals surface area contributed by atoms with E-state index in [1.54, 1.807) is 22.1 Å². The highest BCUT2D eigenvalue weighted by Gasteiger charge is 2.32. The van der Waals surface area contributed by atoms with Gasteiger partial charge in [0, 0.05) is 37.8 Å². The number of aryl methyl sites for hydroxylation is 2. The molecule has 0 spiro atoms. The van der Waals surface area contributed by atoms with Gasteiger partial charge in [0.15, 0.2) is 5.65 Å². The molecule has 1 aliphatic heterocycles. The first kappa shape index (κ1) is 19.1. The van der Waals surface area contributed by atoms with Gasteiger partial charge in [-0.1, -0.05) is 0 Å². The third-order valence-electron chi connectivity index (χ3n) is 4.64. The second-order valence-corrected chi connectivity index (χ2v) is 8.31. The Balaban J connectivity index is 0.00000208. The van der Waals surface area contributed by atoms with Crippen molar-refractivity contribution in [1.82, 2.24) is 19.1 Å². The fraction of sp³-hybridized carbons (Fsp3) is 0.600. The van der Waals surface area contributed by atoms with E-state index in [0.29, 0.717) is 18.7 Å². The van der Waals surface area contributed by atoms with Crippen LogP contribution >= 0.6 is 12.4 Å². The molecule has 0 aliphatic carbocycles. The van der Waals surface area contributed by atoms with Crippen LogP contribution in [0.15, 0.2) is 17.2 Å². The summed E-state index contributed by atoms with van der Waals surface area (Å²) >= 11 is 0. The maximum atomic E-state index is 12.9. The average Bonchev–Trinajstić information content (AvgIpc) is 2.81. The molecule has 134 valence electrons. The largest absolute Gasteiger partial charge is 0.328 e. The Hall–Kier alpha value is -1.22. The summed E-state index contributed by atoms with van der Waals surface area (Å²) in [5, 5.41) is 5.06. The minimum Gasteiger partial charge on any atom is -0.328 e. The molecule has 0 saturated carbocycles. The number of fused-ring (bicyclic) bond motifs is 1. The monoisotopic (exact) mass is 373 g/mol. The van der Waals surface area contributed by atoms with Gasteiger partial charge in [0.2, 0.25) is 10.0 Å². The minimum atomic E-state index is -3.55. The van der Waals surface area contributed by atoms with E-state index in [0.717, 1.165) is 23.9 Å². The van der Waals surface area contributed by atoms with E-state index in [1.165, 1.54) is 6.20 Å². The molecule has 3 rings (SSSR count). The van der Waals surface area contributed by atoms with Crippen molar-refractivity contribution < 1.29 is 8.42 Å². The Labute approximate surface area is 148 Å². The van der Waals surface area contributed by atoms with E-state index in [-0.39, 0.29) is 29.3 Å². The second-order valence-electron chi connectivity index (χ2n) is 6.38. The van der Waals surface area contributed by atoms with E-state index < -0.39 is 10.0 Å². The zero-order valence-corrected chi connectivity index (χ0v) is 15.8. The van der Waals surface area contributed by atoms with Crippen LogP contribution in [0.3, 0.4) is 0 Å². The van der Waals surface area contributed by atoms with E-state index in [2.05, 4.69) is 10.1 Å². The normalized spacial score (nSPS) is 20.8. The van der Waals surface area contributed by atoms with Crippen LogP contribution in [0.2, 0.25) is 0 Å². The fourth-order valence-electron chi connectivity index (χ4n) is 3.20. The van der Waals surface area contributed by atoms with Crippen LogP contribution in [-0.4, -0.2) is 46.6 Å². The quantitative estimate of drug-likeness (QED) is 0.878. The van der Waals surface area contributed by atoms with E-state index in [9.17, 15) is 8.42 Å². The molecule has 1 fully saturated rings. The Kier molecular flexibility index (Phi) is 5.54. The van der Waals surface area contributed by atoms with Crippen molar-refractivity contribution in [1.29, 1.82) is 0 Å². The average molecular weight is 374 g/mol. The molecule has 0 aromatic carbocycles. The van der Waals surface area contributed by atoms with Crippen molar-refractivity contribution >= 4 is 33.5 Å². The molecule has 7 nitrogen and oxygen atoms in total. The fourth-order valence-corrected chi connectivity index (χ4v) is 4.71. The van der Waals surface area contributed by atoms with Gasteiger partial charge in [-0.2, -0.15) is 9.40 Å². The van der Waals surface area contributed by atoms with Crippen LogP contribution in [0.25, 0.3) is 11.0 Å². The third kappa shape index (κ3) is 3.28. The van der Waals surface area contributed by atoms with Crippen molar-refractivity contribution in [2.75, 3.05) is 13.1 Å². The highest BCUT2D eigenvalue weighted by molar-refractivity contribution is 7.89. The second kappa shape index (κ2) is 6.95. The number of piperidine rings is 1. The topological polar surface area (TPSA) is 94.1 Å². The molecule has 1 saturated heterocycles. The van der Waals surface area contributed by atoms with Crippen LogP contribution in [0, 0.1) is 12.8 Å². The molecule has 2 unspecified atom stereocenters. The summed E-state index contributed by atoms with van der Waals surface area (Å²) in [4.78, 5) is 4.51. The van der Waals surface area contributed by atoms with Crippen molar-refractivity contribution in [3.63, 3.8) is 0 Å². The first-order chi connectivity index (χ1) is 10.8. The van der Waals surface area contributed by atoms with Crippen LogP contribution in [0.1, 0.15) is 25.5 Å². The number of nitrogens with zero attached hydrogens (tertiary/aromatic N) is 4. The number of sulfonamides is 1. The van der Waals surface area contributed by atoms with Crippen LogP contribution < -0.4 is 5.73 Å². The molecule has 24 heavy (non-hydrogen) atoms. The highest BCUT2D eigenvalue weighted by atomic mass is 35.5. The lowest BCUT2D eigenvalue weighted by atomic mass is 9.93. The number of hydrogen-bond donors (Lipinski definition) is 1. The maximum absolute atomic E-state index is 12.9. The Morgan fingerprint density at radius 2 is 2.12 bits per heavy atom. The highest BCUT2D eigenvalue weighted by Crippen LogP contribution is 2.26. The smallest absolute Gasteiger partial charge is 0.244 e. The van der Waals surface area contributed by atoms with Gasteiger partial charge in [0.05, 0.1) is 5.69 Å². The molecule has 0 bridgehead atoms. The van der Waals surface area contributed by atoms with Crippen molar-refractivity contribution in [3.8, 4) is 0 Å². The summed E-state index contributed by atoms with van der Waals surface area (Å²) in [5.41, 5.74) is 7.43. The molecule has 2 aromatic heterocycles. The molecule has 2 atom stereocenters. The van der Waals surface area contributed by atoms with Gasteiger partial charge in [-0.05, 0) is 38.7 Å². The summed E-state index contributed by atoms with van der Waals surface area (Å²) in [5.74, 6) is 0.204. The Bertz CT molecular complexity index is 834. The van der Waals surface area contributed by atoms with Crippen LogP contribution in [-0.2, 0) is 17.1 Å². The molecular formula is C15H24ClN5O2S. The van der Waals surface area contributed by atoms with Crippen molar-refractivity contribution in [2.24, 2.45) is 18.7 Å². The third-order valence-corrected chi connectivity index (χ3v) is 6.47. The number of aromatic nitrogens is 3. The first-order valence-electron chi connectivity index (χ1n) is 7.86. The van der Waals surface area contributed by atoms with Gasteiger partial charge >= 0.3 is 0 Å². The van der Waals surface area contributed by atoms with Gasteiger partial charge in [0.1, 0.15) is 4.90 Å². The number of rotatable bonds is 3. The molecule has 2 N–H and O–H groups in total. The molecular weight excluding hydrogens is 350 g/mol. The van der Waals surface area contributed by atoms with Crippen LogP contribution in [0.4, 0.5) is 0 Å². The Morgan fingerprint density at radius 1 is 1.42 bits per heavy atom. The van der Waals surface area contributed by atoms with Gasteiger partial charge in [-0.25, -0.2) is 13.4 Å². The lowest BCUT2D eigenvalue weighted by Crippen LogP contribution is -2.44. The summed E-state index contributed by atoms with van der Waals surface area (Å²) in [6.07, 6.45) is 3.24. The molecule has 3 heterocycles. The molecule has 0 radical (unpaired) electrons. The minimum absolute atomic E-state index is 0. The molecule has 2 aromatic rings. The van der Waals surface area contributed by atoms with Crippen LogP contribution in [0.5, 0.6) is 0 Å². The lowest BCUT2D eigenvalue weighted by molar-refractivity contribution is 0.243. The SMILES string of the molecule is Cc1nn(C)c2ncc(S(=O)(=O)N3CCCC(C(C)N)C3)cc12.Cl. The van der Waals surface area contributed by atoms with E-state index in [4.69, 9.17) is 5.73 Å². The zero-order chi connectivity index (χ0) is 16.8. The summed E-state index contributed by atoms with van der Waals surface area (Å²) in [6.45, 7) is 4.81.